The van der Waals surface area contributed by atoms with Crippen LogP contribution in [0.3, 0.4) is 0 Å². The van der Waals surface area contributed by atoms with E-state index in [1.165, 1.54) is 11.3 Å². The van der Waals surface area contributed by atoms with Gasteiger partial charge in [-0.05, 0) is 42.8 Å². The van der Waals surface area contributed by atoms with Crippen LogP contribution in [-0.4, -0.2) is 19.9 Å². The van der Waals surface area contributed by atoms with Crippen molar-refractivity contribution in [3.63, 3.8) is 0 Å². The molecule has 2 heterocycles. The minimum Gasteiger partial charge on any atom is -0.333 e. The van der Waals surface area contributed by atoms with Crippen LogP contribution in [0, 0.1) is 17.0 Å². The van der Waals surface area contributed by atoms with Crippen molar-refractivity contribution in [2.24, 2.45) is 0 Å². The van der Waals surface area contributed by atoms with E-state index in [2.05, 4.69) is 25.6 Å². The second-order valence-corrected chi connectivity index (χ2v) is 8.05. The van der Waals surface area contributed by atoms with Gasteiger partial charge in [-0.2, -0.15) is 13.2 Å². The van der Waals surface area contributed by atoms with Crippen molar-refractivity contribution in [2.45, 2.75) is 13.1 Å². The van der Waals surface area contributed by atoms with Crippen molar-refractivity contribution in [1.29, 1.82) is 0 Å². The van der Waals surface area contributed by atoms with Gasteiger partial charge in [-0.3, -0.25) is 10.1 Å². The Morgan fingerprint density at radius 1 is 1.09 bits per heavy atom. The predicted molar refractivity (Wildman–Crippen MR) is 116 cm³/mol. The highest BCUT2D eigenvalue weighted by Crippen LogP contribution is 2.38. The number of aromatic nitrogens is 3. The van der Waals surface area contributed by atoms with E-state index in [1.807, 2.05) is 25.1 Å². The zero-order chi connectivity index (χ0) is 23.0. The van der Waals surface area contributed by atoms with Gasteiger partial charge in [0, 0.05) is 0 Å². The van der Waals surface area contributed by atoms with Crippen LogP contribution in [0.5, 0.6) is 0 Å². The molecule has 0 atom stereocenters. The minimum absolute atomic E-state index is 0.0676. The monoisotopic (exact) mass is 480 g/mol. The number of halogens is 4. The van der Waals surface area contributed by atoms with E-state index in [-0.39, 0.29) is 22.3 Å². The van der Waals surface area contributed by atoms with Crippen LogP contribution in [0.25, 0.3) is 10.2 Å². The number of rotatable bonds is 5. The summed E-state index contributed by atoms with van der Waals surface area (Å²) in [5, 5.41) is 17.4. The second kappa shape index (κ2) is 8.20. The highest BCUT2D eigenvalue weighted by atomic mass is 35.5. The van der Waals surface area contributed by atoms with Gasteiger partial charge in [0.25, 0.3) is 0 Å². The van der Waals surface area contributed by atoms with Gasteiger partial charge in [0.1, 0.15) is 6.33 Å². The van der Waals surface area contributed by atoms with Crippen LogP contribution in [0.2, 0.25) is 5.02 Å². The topological polar surface area (TPSA) is 106 Å². The lowest BCUT2D eigenvalue weighted by atomic mass is 10.2. The zero-order valence-corrected chi connectivity index (χ0v) is 17.6. The number of fused-ring (bicyclic) bond motifs is 1. The lowest BCUT2D eigenvalue weighted by Gasteiger charge is -2.13. The Kier molecular flexibility index (Phi) is 5.57. The molecule has 0 aliphatic heterocycles. The Labute approximate surface area is 187 Å². The van der Waals surface area contributed by atoms with Gasteiger partial charge in [-0.25, -0.2) is 15.0 Å². The third kappa shape index (κ3) is 4.41. The van der Waals surface area contributed by atoms with Crippen molar-refractivity contribution >= 4 is 61.3 Å². The van der Waals surface area contributed by atoms with Crippen molar-refractivity contribution in [1.82, 2.24) is 15.0 Å². The number of anilines is 4. The number of hydrogen-bond donors (Lipinski definition) is 2. The van der Waals surface area contributed by atoms with Gasteiger partial charge in [-0.1, -0.05) is 29.0 Å². The maximum absolute atomic E-state index is 13.0. The van der Waals surface area contributed by atoms with Gasteiger partial charge in [0.05, 0.1) is 31.4 Å². The van der Waals surface area contributed by atoms with Crippen LogP contribution in [0.1, 0.15) is 11.1 Å². The molecule has 4 rings (SSSR count). The summed E-state index contributed by atoms with van der Waals surface area (Å²) in [6, 6.07) is 8.24. The highest BCUT2D eigenvalue weighted by molar-refractivity contribution is 7.22. The van der Waals surface area contributed by atoms with E-state index < -0.39 is 22.4 Å². The number of nitrogens with one attached hydrogen (secondary N) is 2. The predicted octanol–water partition coefficient (Wildman–Crippen LogP) is 6.46. The van der Waals surface area contributed by atoms with Crippen molar-refractivity contribution in [3.8, 4) is 0 Å². The zero-order valence-electron chi connectivity index (χ0n) is 16.1. The van der Waals surface area contributed by atoms with E-state index >= 15 is 0 Å². The van der Waals surface area contributed by atoms with Crippen LogP contribution in [-0.2, 0) is 6.18 Å². The second-order valence-electron chi connectivity index (χ2n) is 6.61. The first-order chi connectivity index (χ1) is 15.1. The summed E-state index contributed by atoms with van der Waals surface area (Å²) in [4.78, 5) is 23.1. The fourth-order valence-electron chi connectivity index (χ4n) is 2.85. The molecule has 2 aromatic carbocycles. The first-order valence-electron chi connectivity index (χ1n) is 8.89. The van der Waals surface area contributed by atoms with E-state index in [4.69, 9.17) is 11.6 Å². The highest BCUT2D eigenvalue weighted by Gasteiger charge is 2.31. The normalized spacial score (nSPS) is 11.5. The molecule has 8 nitrogen and oxygen atoms in total. The number of thiazole rings is 1. The van der Waals surface area contributed by atoms with Gasteiger partial charge >= 0.3 is 11.9 Å². The summed E-state index contributed by atoms with van der Waals surface area (Å²) >= 11 is 7.26. The first-order valence-corrected chi connectivity index (χ1v) is 10.1. The van der Waals surface area contributed by atoms with Gasteiger partial charge in [0.2, 0.25) is 11.6 Å². The molecule has 0 saturated heterocycles. The number of benzene rings is 2. The molecule has 164 valence electrons. The molecule has 0 aliphatic carbocycles. The van der Waals surface area contributed by atoms with Crippen LogP contribution in [0.4, 0.5) is 41.3 Å². The molecule has 13 heteroatoms. The van der Waals surface area contributed by atoms with Gasteiger partial charge in [-0.15, -0.1) is 0 Å². The number of nitrogens with zero attached hydrogens (tertiary/aromatic N) is 4. The minimum atomic E-state index is -4.61. The summed E-state index contributed by atoms with van der Waals surface area (Å²) in [6.45, 7) is 1.93. The molecule has 0 saturated carbocycles. The van der Waals surface area contributed by atoms with E-state index in [9.17, 15) is 23.3 Å². The molecule has 0 aliphatic rings. The average Bonchev–Trinajstić information content (AvgIpc) is 3.10. The molecular weight excluding hydrogens is 469 g/mol. The fourth-order valence-corrected chi connectivity index (χ4v) is 3.97. The smallest absolute Gasteiger partial charge is 0.333 e. The van der Waals surface area contributed by atoms with Crippen LogP contribution in [0.15, 0.2) is 42.7 Å². The molecule has 32 heavy (non-hydrogen) atoms. The Bertz CT molecular complexity index is 1340. The molecule has 2 aromatic heterocycles. The maximum Gasteiger partial charge on any atom is 0.416 e. The third-order valence-corrected chi connectivity index (χ3v) is 5.58. The summed E-state index contributed by atoms with van der Waals surface area (Å²) in [7, 11) is 0. The number of nitro groups is 1. The van der Waals surface area contributed by atoms with Gasteiger partial charge < -0.3 is 10.6 Å². The summed E-state index contributed by atoms with van der Waals surface area (Å²) in [6.07, 6.45) is -3.58. The van der Waals surface area contributed by atoms with Crippen LogP contribution >= 0.6 is 22.9 Å². The quantitative estimate of drug-likeness (QED) is 0.249. The summed E-state index contributed by atoms with van der Waals surface area (Å²) in [5.41, 5.74) is 0.00409. The lowest BCUT2D eigenvalue weighted by Crippen LogP contribution is -2.08. The fraction of sp³-hybridized carbons (Fsp3) is 0.105. The number of hydrogen-bond acceptors (Lipinski definition) is 8. The standard InChI is InChI=1S/C19H12ClF3N6O2S/c1-9-2-5-12-14(6-9)32-18(27-12)28-17-15(29(30)31)16(24-8-25-17)26-13-7-10(19(21,22)23)3-4-11(13)20/h2-8H,1H3,(H2,24,25,26,27,28). The molecule has 2 N–H and O–H groups in total. The Balaban J connectivity index is 1.72. The van der Waals surface area contributed by atoms with Crippen molar-refractivity contribution < 1.29 is 18.1 Å². The van der Waals surface area contributed by atoms with Crippen LogP contribution < -0.4 is 10.6 Å². The summed E-state index contributed by atoms with van der Waals surface area (Å²) < 4.78 is 40.0. The van der Waals surface area contributed by atoms with E-state index in [1.54, 1.807) is 0 Å². The molecule has 4 aromatic rings. The molecule has 0 fully saturated rings. The first kappa shape index (κ1) is 21.7. The largest absolute Gasteiger partial charge is 0.416 e. The van der Waals surface area contributed by atoms with E-state index in [0.29, 0.717) is 10.6 Å². The average molecular weight is 481 g/mol. The maximum atomic E-state index is 13.0. The third-order valence-electron chi connectivity index (χ3n) is 4.32. The molecule has 0 radical (unpaired) electrons. The molecular formula is C19H12ClF3N6O2S. The van der Waals surface area contributed by atoms with Gasteiger partial charge in [0.15, 0.2) is 5.13 Å². The van der Waals surface area contributed by atoms with Crippen molar-refractivity contribution in [3.05, 3.63) is 69.0 Å². The Morgan fingerprint density at radius 3 is 2.50 bits per heavy atom. The Hall–Kier alpha value is -3.51. The summed E-state index contributed by atoms with van der Waals surface area (Å²) in [5.74, 6) is -0.503. The lowest BCUT2D eigenvalue weighted by molar-refractivity contribution is -0.383. The van der Waals surface area contributed by atoms with Crippen molar-refractivity contribution in [2.75, 3.05) is 10.6 Å². The molecule has 0 bridgehead atoms. The number of aryl methyl sites for hydroxylation is 1. The molecule has 0 spiro atoms. The molecule has 0 amide bonds. The molecule has 0 unspecified atom stereocenters. The van der Waals surface area contributed by atoms with E-state index in [0.717, 1.165) is 34.8 Å². The number of alkyl halides is 3. The SMILES string of the molecule is Cc1ccc2nc(Nc3ncnc(Nc4cc(C(F)(F)F)ccc4Cl)c3[N+](=O)[O-])sc2c1. The Morgan fingerprint density at radius 2 is 1.81 bits per heavy atom.